The first kappa shape index (κ1) is 9.00. The molecule has 4 unspecified atom stereocenters. The lowest BCUT2D eigenvalue weighted by Crippen LogP contribution is -2.41. The Kier molecular flexibility index (Phi) is 1.21. The molecule has 2 saturated heterocycles. The Morgan fingerprint density at radius 2 is 1.93 bits per heavy atom. The normalized spacial score (nSPS) is 54.0. The second-order valence-electron chi connectivity index (χ2n) is 7.31. The third-order valence-electron chi connectivity index (χ3n) is 5.09. The maximum atomic E-state index is 6.39. The van der Waals surface area contributed by atoms with Crippen molar-refractivity contribution in [2.24, 2.45) is 11.8 Å². The Labute approximate surface area is 92.0 Å². The molecular weight excluding hydrogens is 186 g/mol. The van der Waals surface area contributed by atoms with Gasteiger partial charge in [0.25, 0.3) is 0 Å². The van der Waals surface area contributed by atoms with Crippen LogP contribution in [0.2, 0.25) is 0 Å². The lowest BCUT2D eigenvalue weighted by molar-refractivity contribution is -0.0208. The van der Waals surface area contributed by atoms with Crippen LogP contribution in [0.4, 0.5) is 0 Å². The number of fused-ring (bicyclic) bond motifs is 1. The molecule has 0 aromatic heterocycles. The van der Waals surface area contributed by atoms with Crippen LogP contribution >= 0.6 is 0 Å². The molecule has 0 spiro atoms. The second-order valence-corrected chi connectivity index (χ2v) is 7.31. The van der Waals surface area contributed by atoms with Crippen molar-refractivity contribution in [3.05, 3.63) is 0 Å². The average Bonchev–Trinajstić information content (AvgIpc) is 3.00. The molecule has 5 rings (SSSR count). The first-order valence-corrected chi connectivity index (χ1v) is 6.35. The molecule has 0 aromatic rings. The van der Waals surface area contributed by atoms with Crippen LogP contribution in [0.5, 0.6) is 0 Å². The van der Waals surface area contributed by atoms with E-state index in [-0.39, 0.29) is 5.60 Å². The zero-order valence-corrected chi connectivity index (χ0v) is 10.2. The van der Waals surface area contributed by atoms with E-state index < -0.39 is 0 Å². The molecule has 2 nitrogen and oxygen atoms in total. The summed E-state index contributed by atoms with van der Waals surface area (Å²) >= 11 is 0. The van der Waals surface area contributed by atoms with Crippen molar-refractivity contribution in [2.45, 2.75) is 63.3 Å². The summed E-state index contributed by atoms with van der Waals surface area (Å²) in [6, 6.07) is 0.778. The van der Waals surface area contributed by atoms with Crippen LogP contribution in [0.25, 0.3) is 0 Å². The van der Waals surface area contributed by atoms with Gasteiger partial charge < -0.3 is 4.74 Å². The van der Waals surface area contributed by atoms with Crippen LogP contribution in [0.15, 0.2) is 0 Å². The Bertz CT molecular complexity index is 335. The fraction of sp³-hybridized carbons (Fsp3) is 1.00. The summed E-state index contributed by atoms with van der Waals surface area (Å²) in [6.07, 6.45) is 2.58. The first-order valence-electron chi connectivity index (χ1n) is 6.35. The predicted molar refractivity (Wildman–Crippen MR) is 58.7 cm³/mol. The molecule has 15 heavy (non-hydrogen) atoms. The smallest absolute Gasteiger partial charge is 0.0941 e. The molecular formula is C13H21NO. The number of ether oxygens (including phenoxy) is 1. The summed E-state index contributed by atoms with van der Waals surface area (Å²) in [5.74, 6) is 1.80. The molecule has 0 N–H and O–H groups in total. The van der Waals surface area contributed by atoms with Crippen molar-refractivity contribution in [3.63, 3.8) is 0 Å². The van der Waals surface area contributed by atoms with E-state index in [9.17, 15) is 0 Å². The molecule has 0 amide bonds. The minimum Gasteiger partial charge on any atom is -0.366 e. The standard InChI is InChI=1S/C13H21NO/c1-11(2,3)14-7-8-9-10(14)13(8,9)15-12(4)5-6-12/h8-10H,5-7H2,1-4H3. The summed E-state index contributed by atoms with van der Waals surface area (Å²) in [7, 11) is 0. The van der Waals surface area contributed by atoms with Crippen molar-refractivity contribution in [1.29, 1.82) is 0 Å². The van der Waals surface area contributed by atoms with Crippen molar-refractivity contribution in [3.8, 4) is 0 Å². The Balaban J connectivity index is 1.53. The van der Waals surface area contributed by atoms with Crippen molar-refractivity contribution < 1.29 is 4.74 Å². The average molecular weight is 207 g/mol. The van der Waals surface area contributed by atoms with Gasteiger partial charge in [0, 0.05) is 30.0 Å². The van der Waals surface area contributed by atoms with Crippen LogP contribution in [0, 0.1) is 11.8 Å². The van der Waals surface area contributed by atoms with E-state index in [4.69, 9.17) is 4.74 Å². The molecule has 3 saturated carbocycles. The van der Waals surface area contributed by atoms with Crippen LogP contribution in [0.1, 0.15) is 40.5 Å². The van der Waals surface area contributed by atoms with Crippen molar-refractivity contribution in [2.75, 3.05) is 6.54 Å². The minimum absolute atomic E-state index is 0.273. The van der Waals surface area contributed by atoms with Crippen LogP contribution in [0.3, 0.4) is 0 Å². The van der Waals surface area contributed by atoms with E-state index in [2.05, 4.69) is 32.6 Å². The zero-order valence-electron chi connectivity index (χ0n) is 10.2. The summed E-state index contributed by atoms with van der Waals surface area (Å²) < 4.78 is 6.39. The summed E-state index contributed by atoms with van der Waals surface area (Å²) in [5.41, 5.74) is 0.956. The van der Waals surface area contributed by atoms with E-state index in [0.29, 0.717) is 11.1 Å². The highest BCUT2D eigenvalue weighted by molar-refractivity contribution is 5.46. The monoisotopic (exact) mass is 207 g/mol. The molecule has 5 fully saturated rings. The lowest BCUT2D eigenvalue weighted by atomic mass is 10.1. The van der Waals surface area contributed by atoms with E-state index >= 15 is 0 Å². The number of rotatable bonds is 2. The van der Waals surface area contributed by atoms with Gasteiger partial charge in [-0.1, -0.05) is 0 Å². The summed E-state index contributed by atoms with van der Waals surface area (Å²) in [5, 5.41) is 0. The van der Waals surface area contributed by atoms with Crippen molar-refractivity contribution >= 4 is 0 Å². The number of hydrogen-bond acceptors (Lipinski definition) is 2. The molecule has 2 heterocycles. The van der Waals surface area contributed by atoms with Gasteiger partial charge in [-0.15, -0.1) is 0 Å². The van der Waals surface area contributed by atoms with Gasteiger partial charge in [0.1, 0.15) is 0 Å². The Morgan fingerprint density at radius 1 is 1.27 bits per heavy atom. The van der Waals surface area contributed by atoms with Gasteiger partial charge in [0.05, 0.1) is 11.2 Å². The van der Waals surface area contributed by atoms with E-state index in [1.54, 1.807) is 0 Å². The molecule has 3 aliphatic carbocycles. The van der Waals surface area contributed by atoms with Gasteiger partial charge >= 0.3 is 0 Å². The fourth-order valence-corrected chi connectivity index (χ4v) is 3.82. The number of hydrogen-bond donors (Lipinski definition) is 0. The minimum atomic E-state index is 0.273. The quantitative estimate of drug-likeness (QED) is 0.687. The maximum absolute atomic E-state index is 6.39. The molecule has 2 bridgehead atoms. The van der Waals surface area contributed by atoms with Gasteiger partial charge in [-0.3, -0.25) is 4.90 Å². The first-order chi connectivity index (χ1) is 6.89. The van der Waals surface area contributed by atoms with Crippen molar-refractivity contribution in [1.82, 2.24) is 4.90 Å². The third-order valence-corrected chi connectivity index (χ3v) is 5.09. The number of piperidine rings is 1. The maximum Gasteiger partial charge on any atom is 0.0941 e. The predicted octanol–water partition coefficient (Wildman–Crippen LogP) is 2.04. The van der Waals surface area contributed by atoms with E-state index in [0.717, 1.165) is 17.9 Å². The highest BCUT2D eigenvalue weighted by atomic mass is 16.6. The topological polar surface area (TPSA) is 12.5 Å². The van der Waals surface area contributed by atoms with E-state index in [1.165, 1.54) is 19.4 Å². The summed E-state index contributed by atoms with van der Waals surface area (Å²) in [4.78, 5) is 2.67. The van der Waals surface area contributed by atoms with Gasteiger partial charge in [-0.25, -0.2) is 0 Å². The number of nitrogens with zero attached hydrogens (tertiary/aromatic N) is 1. The molecule has 2 aliphatic heterocycles. The molecule has 2 heteroatoms. The van der Waals surface area contributed by atoms with Gasteiger partial charge in [0.15, 0.2) is 0 Å². The SMILES string of the molecule is CC1(OC23C4CN(C(C)(C)C)C2C43)CC1. The zero-order chi connectivity index (χ0) is 10.6. The van der Waals surface area contributed by atoms with E-state index in [1.807, 2.05) is 0 Å². The lowest BCUT2D eigenvalue weighted by Gasteiger charge is -2.32. The van der Waals surface area contributed by atoms with Crippen LogP contribution < -0.4 is 0 Å². The van der Waals surface area contributed by atoms with Crippen LogP contribution in [-0.4, -0.2) is 34.2 Å². The van der Waals surface area contributed by atoms with Gasteiger partial charge in [-0.05, 0) is 40.5 Å². The largest absolute Gasteiger partial charge is 0.366 e. The molecule has 5 aliphatic rings. The molecule has 0 aromatic carbocycles. The highest BCUT2D eigenvalue weighted by Crippen LogP contribution is 2.82. The molecule has 84 valence electrons. The van der Waals surface area contributed by atoms with Gasteiger partial charge in [-0.2, -0.15) is 0 Å². The summed E-state index contributed by atoms with van der Waals surface area (Å²) in [6.45, 7) is 10.6. The second kappa shape index (κ2) is 2.02. The Hall–Kier alpha value is -0.0800. The Morgan fingerprint density at radius 3 is 2.33 bits per heavy atom. The van der Waals surface area contributed by atoms with Crippen LogP contribution in [-0.2, 0) is 4.74 Å². The highest BCUT2D eigenvalue weighted by Gasteiger charge is 2.95. The fourth-order valence-electron chi connectivity index (χ4n) is 3.82. The molecule has 0 radical (unpaired) electrons. The van der Waals surface area contributed by atoms with Gasteiger partial charge in [0.2, 0.25) is 0 Å². The third kappa shape index (κ3) is 0.898. The molecule has 4 atom stereocenters.